The van der Waals surface area contributed by atoms with E-state index in [0.717, 1.165) is 13.2 Å². The second-order valence-corrected chi connectivity index (χ2v) is 3.45. The van der Waals surface area contributed by atoms with Crippen molar-refractivity contribution in [1.82, 2.24) is 9.80 Å². The van der Waals surface area contributed by atoms with Crippen LogP contribution in [0.2, 0.25) is 0 Å². The molecule has 8 heteroatoms. The molecular weight excluding hydrogens is 219 g/mol. The molecule has 0 unspecified atom stereocenters. The van der Waals surface area contributed by atoms with Gasteiger partial charge in [0.05, 0.1) is 6.67 Å². The van der Waals surface area contributed by atoms with Crippen LogP contribution in [0.4, 0.5) is 0 Å². The Labute approximate surface area is 106 Å². The first-order valence-corrected chi connectivity index (χ1v) is 5.05. The normalized spacial score (nSPS) is 14.6. The molecule has 1 rings (SSSR count). The summed E-state index contributed by atoms with van der Waals surface area (Å²) in [5.41, 5.74) is 0. The Balaban J connectivity index is 0. The Hall–Kier alpha value is 0.210. The first-order chi connectivity index (χ1) is 5.83. The molecule has 1 aliphatic heterocycles. The zero-order valence-electron chi connectivity index (χ0n) is 7.58. The topological polar surface area (TPSA) is 81.1 Å². The number of rotatable bonds is 1. The van der Waals surface area contributed by atoms with Crippen LogP contribution >= 0.6 is 0 Å². The van der Waals surface area contributed by atoms with Gasteiger partial charge in [-0.3, -0.25) is 9.11 Å². The van der Waals surface area contributed by atoms with E-state index in [2.05, 4.69) is 36.2 Å². The van der Waals surface area contributed by atoms with Gasteiger partial charge in [-0.1, -0.05) is 0 Å². The predicted octanol–water partition coefficient (Wildman–Crippen LogP) is -0.619. The van der Waals surface area contributed by atoms with E-state index in [1.807, 2.05) is 0 Å². The van der Waals surface area contributed by atoms with Gasteiger partial charge in [-0.05, 0) is 6.92 Å². The summed E-state index contributed by atoms with van der Waals surface area (Å²) in [6, 6.07) is 0. The van der Waals surface area contributed by atoms with Gasteiger partial charge in [0.1, 0.15) is 0 Å². The minimum absolute atomic E-state index is 0. The molecular formula is C6H15N2NaO4S. The van der Waals surface area contributed by atoms with Gasteiger partial charge in [-0.25, -0.2) is 0 Å². The molecule has 0 radical (unpaired) electrons. The van der Waals surface area contributed by atoms with Gasteiger partial charge in [-0.2, -0.15) is 8.42 Å². The van der Waals surface area contributed by atoms with Gasteiger partial charge in [-0.15, -0.1) is 0 Å². The van der Waals surface area contributed by atoms with E-state index in [9.17, 15) is 0 Å². The van der Waals surface area contributed by atoms with Crippen molar-refractivity contribution in [2.45, 2.75) is 6.92 Å². The van der Waals surface area contributed by atoms with Crippen molar-refractivity contribution in [3.8, 4) is 0 Å². The van der Waals surface area contributed by atoms with Crippen molar-refractivity contribution >= 4 is 40.0 Å². The van der Waals surface area contributed by atoms with Crippen LogP contribution in [0, 0.1) is 0 Å². The maximum absolute atomic E-state index is 8.74. The summed E-state index contributed by atoms with van der Waals surface area (Å²) in [4.78, 5) is 4.41. The van der Waals surface area contributed by atoms with Gasteiger partial charge in [0.2, 0.25) is 0 Å². The van der Waals surface area contributed by atoms with Gasteiger partial charge in [0.25, 0.3) is 0 Å². The molecule has 0 fully saturated rings. The Morgan fingerprint density at radius 1 is 1.36 bits per heavy atom. The van der Waals surface area contributed by atoms with Crippen molar-refractivity contribution in [3.05, 3.63) is 12.4 Å². The zero-order valence-corrected chi connectivity index (χ0v) is 8.40. The van der Waals surface area contributed by atoms with Crippen molar-refractivity contribution < 1.29 is 17.5 Å². The van der Waals surface area contributed by atoms with Gasteiger partial charge in [0, 0.05) is 26.0 Å². The molecule has 0 spiro atoms. The number of hydrogen-bond acceptors (Lipinski definition) is 4. The van der Waals surface area contributed by atoms with Crippen LogP contribution in [0.5, 0.6) is 0 Å². The quantitative estimate of drug-likeness (QED) is 0.465. The van der Waals surface area contributed by atoms with Gasteiger partial charge < -0.3 is 9.80 Å². The fourth-order valence-electron chi connectivity index (χ4n) is 0.794. The Kier molecular flexibility index (Phi) is 8.90. The monoisotopic (exact) mass is 234 g/mol. The molecule has 80 valence electrons. The third-order valence-electron chi connectivity index (χ3n) is 1.34. The molecule has 6 nitrogen and oxygen atoms in total. The summed E-state index contributed by atoms with van der Waals surface area (Å²) in [5, 5.41) is 0. The number of nitrogens with zero attached hydrogens (tertiary/aromatic N) is 2. The predicted molar refractivity (Wildman–Crippen MR) is 55.5 cm³/mol. The molecule has 14 heavy (non-hydrogen) atoms. The summed E-state index contributed by atoms with van der Waals surface area (Å²) < 4.78 is 31.6. The second-order valence-electron chi connectivity index (χ2n) is 2.55. The first kappa shape index (κ1) is 16.6. The second kappa shape index (κ2) is 7.49. The van der Waals surface area contributed by atoms with Crippen LogP contribution in [-0.4, -0.2) is 77.1 Å². The van der Waals surface area contributed by atoms with Gasteiger partial charge in [0.15, 0.2) is 0 Å². The molecule has 0 aromatic heterocycles. The molecule has 1 aliphatic rings. The van der Waals surface area contributed by atoms with E-state index in [4.69, 9.17) is 17.5 Å². The fourth-order valence-corrected chi connectivity index (χ4v) is 0.794. The van der Waals surface area contributed by atoms with Crippen LogP contribution in [0.25, 0.3) is 0 Å². The van der Waals surface area contributed by atoms with Crippen molar-refractivity contribution in [3.63, 3.8) is 0 Å². The average molecular weight is 234 g/mol. The molecule has 0 amide bonds. The van der Waals surface area contributed by atoms with Crippen LogP contribution in [-0.2, 0) is 10.4 Å². The Morgan fingerprint density at radius 3 is 1.93 bits per heavy atom. The van der Waals surface area contributed by atoms with Gasteiger partial charge >= 0.3 is 40.0 Å². The molecule has 0 aliphatic carbocycles. The zero-order chi connectivity index (χ0) is 10.5. The van der Waals surface area contributed by atoms with Crippen molar-refractivity contribution in [1.29, 1.82) is 0 Å². The molecule has 0 aromatic carbocycles. The first-order valence-electron chi connectivity index (χ1n) is 3.65. The van der Waals surface area contributed by atoms with Crippen LogP contribution < -0.4 is 0 Å². The molecule has 0 aromatic rings. The fraction of sp³-hybridized carbons (Fsp3) is 0.667. The molecule has 0 saturated carbocycles. The summed E-state index contributed by atoms with van der Waals surface area (Å²) in [7, 11) is -2.59. The summed E-state index contributed by atoms with van der Waals surface area (Å²) in [6.45, 7) is 4.32. The minimum atomic E-state index is -4.67. The third kappa shape index (κ3) is 12.2. The van der Waals surface area contributed by atoms with E-state index in [0.29, 0.717) is 0 Å². The maximum atomic E-state index is 8.74. The Bertz CT molecular complexity index is 259. The molecule has 0 bridgehead atoms. The molecule has 2 N–H and O–H groups in total. The molecule has 0 atom stereocenters. The van der Waals surface area contributed by atoms with Crippen molar-refractivity contribution in [2.75, 3.05) is 20.3 Å². The van der Waals surface area contributed by atoms with Crippen LogP contribution in [0.15, 0.2) is 12.4 Å². The Morgan fingerprint density at radius 2 is 1.79 bits per heavy atom. The van der Waals surface area contributed by atoms with E-state index < -0.39 is 10.4 Å². The SMILES string of the molecule is CCN1C=CN(C)C1.O=S(=O)(O)O.[NaH]. The number of hydrogen-bond donors (Lipinski definition) is 2. The van der Waals surface area contributed by atoms with Crippen LogP contribution in [0.1, 0.15) is 6.92 Å². The summed E-state index contributed by atoms with van der Waals surface area (Å²) >= 11 is 0. The van der Waals surface area contributed by atoms with E-state index in [1.165, 1.54) is 0 Å². The van der Waals surface area contributed by atoms with Crippen LogP contribution in [0.3, 0.4) is 0 Å². The van der Waals surface area contributed by atoms with E-state index in [-0.39, 0.29) is 29.6 Å². The van der Waals surface area contributed by atoms with Crippen molar-refractivity contribution in [2.24, 2.45) is 0 Å². The van der Waals surface area contributed by atoms with E-state index in [1.54, 1.807) is 0 Å². The summed E-state index contributed by atoms with van der Waals surface area (Å²) in [6.07, 6.45) is 4.20. The van der Waals surface area contributed by atoms with E-state index >= 15 is 0 Å². The molecule has 1 heterocycles. The molecule has 0 saturated heterocycles. The summed E-state index contributed by atoms with van der Waals surface area (Å²) in [5.74, 6) is 0. The average Bonchev–Trinajstić information content (AvgIpc) is 2.31. The standard InChI is InChI=1S/C6H12N2.Na.H2O4S.H/c1-3-8-5-4-7(2)6-8;;1-5(2,3)4;/h4-5H,3,6H2,1-2H3;;(H2,1,2,3,4);. The third-order valence-corrected chi connectivity index (χ3v) is 1.34.